The van der Waals surface area contributed by atoms with E-state index in [4.69, 9.17) is 0 Å². The van der Waals surface area contributed by atoms with E-state index in [9.17, 15) is 5.11 Å². The highest BCUT2D eigenvalue weighted by molar-refractivity contribution is 7.98. The van der Waals surface area contributed by atoms with Crippen LogP contribution in [0.3, 0.4) is 0 Å². The Labute approximate surface area is 95.9 Å². The zero-order valence-corrected chi connectivity index (χ0v) is 9.96. The molecule has 0 aromatic heterocycles. The predicted octanol–water partition coefficient (Wildman–Crippen LogP) is 3.43. The first-order valence-electron chi connectivity index (χ1n) is 5.61. The van der Waals surface area contributed by atoms with Gasteiger partial charge in [-0.05, 0) is 55.6 Å². The molecule has 0 bridgehead atoms. The lowest BCUT2D eigenvalue weighted by Gasteiger charge is -2.25. The molecule has 0 radical (unpaired) electrons. The minimum Gasteiger partial charge on any atom is -0.393 e. The van der Waals surface area contributed by atoms with Gasteiger partial charge in [-0.2, -0.15) is 0 Å². The van der Waals surface area contributed by atoms with E-state index in [1.165, 1.54) is 10.5 Å². The van der Waals surface area contributed by atoms with E-state index >= 15 is 0 Å². The van der Waals surface area contributed by atoms with Crippen LogP contribution in [0.15, 0.2) is 29.2 Å². The maximum atomic E-state index is 9.45. The van der Waals surface area contributed by atoms with Crippen molar-refractivity contribution in [2.45, 2.75) is 42.6 Å². The summed E-state index contributed by atoms with van der Waals surface area (Å²) in [6, 6.07) is 8.89. The Morgan fingerprint density at radius 1 is 1.07 bits per heavy atom. The van der Waals surface area contributed by atoms with Gasteiger partial charge in [-0.1, -0.05) is 12.1 Å². The van der Waals surface area contributed by atoms with Gasteiger partial charge in [0.1, 0.15) is 0 Å². The van der Waals surface area contributed by atoms with Gasteiger partial charge in [-0.15, -0.1) is 11.8 Å². The van der Waals surface area contributed by atoms with Gasteiger partial charge in [0.15, 0.2) is 0 Å². The molecule has 0 spiro atoms. The van der Waals surface area contributed by atoms with Crippen molar-refractivity contribution in [3.63, 3.8) is 0 Å². The van der Waals surface area contributed by atoms with E-state index in [1.807, 2.05) is 0 Å². The van der Waals surface area contributed by atoms with Crippen LogP contribution in [0.2, 0.25) is 0 Å². The third kappa shape index (κ3) is 2.76. The van der Waals surface area contributed by atoms with Crippen molar-refractivity contribution in [3.05, 3.63) is 29.8 Å². The SMILES string of the molecule is CSc1ccc(C2CCC(O)CC2)cc1. The van der Waals surface area contributed by atoms with Gasteiger partial charge in [0, 0.05) is 4.90 Å². The molecule has 1 aliphatic rings. The van der Waals surface area contributed by atoms with Crippen LogP contribution in [0.4, 0.5) is 0 Å². The highest BCUT2D eigenvalue weighted by atomic mass is 32.2. The van der Waals surface area contributed by atoms with Gasteiger partial charge in [0.2, 0.25) is 0 Å². The Balaban J connectivity index is 2.03. The topological polar surface area (TPSA) is 20.2 Å². The molecule has 0 amide bonds. The third-order valence-electron chi connectivity index (χ3n) is 3.28. The van der Waals surface area contributed by atoms with Crippen molar-refractivity contribution < 1.29 is 5.11 Å². The van der Waals surface area contributed by atoms with Gasteiger partial charge < -0.3 is 5.11 Å². The zero-order valence-electron chi connectivity index (χ0n) is 9.15. The van der Waals surface area contributed by atoms with Crippen LogP contribution in [-0.4, -0.2) is 17.5 Å². The Bertz CT molecular complexity index is 299. The molecule has 1 aliphatic carbocycles. The first-order chi connectivity index (χ1) is 7.29. The molecule has 1 aromatic rings. The largest absolute Gasteiger partial charge is 0.393 e. The maximum Gasteiger partial charge on any atom is 0.0540 e. The van der Waals surface area contributed by atoms with Crippen LogP contribution in [0.25, 0.3) is 0 Å². The fraction of sp³-hybridized carbons (Fsp3) is 0.538. The molecular weight excluding hydrogens is 204 g/mol. The highest BCUT2D eigenvalue weighted by Gasteiger charge is 2.20. The molecule has 15 heavy (non-hydrogen) atoms. The van der Waals surface area contributed by atoms with E-state index in [-0.39, 0.29) is 6.10 Å². The average molecular weight is 222 g/mol. The van der Waals surface area contributed by atoms with Crippen molar-refractivity contribution >= 4 is 11.8 Å². The summed E-state index contributed by atoms with van der Waals surface area (Å²) in [6.45, 7) is 0. The van der Waals surface area contributed by atoms with Gasteiger partial charge in [-0.25, -0.2) is 0 Å². The number of aliphatic hydroxyl groups is 1. The van der Waals surface area contributed by atoms with Crippen LogP contribution in [0.5, 0.6) is 0 Å². The number of hydrogen-bond acceptors (Lipinski definition) is 2. The van der Waals surface area contributed by atoms with Crippen molar-refractivity contribution in [2.75, 3.05) is 6.26 Å². The van der Waals surface area contributed by atoms with Gasteiger partial charge in [0.25, 0.3) is 0 Å². The summed E-state index contributed by atoms with van der Waals surface area (Å²) < 4.78 is 0. The molecule has 2 rings (SSSR count). The second-order valence-corrected chi connectivity index (χ2v) is 5.16. The monoisotopic (exact) mass is 222 g/mol. The molecule has 1 saturated carbocycles. The minimum atomic E-state index is -0.0493. The minimum absolute atomic E-state index is 0.0493. The van der Waals surface area contributed by atoms with Crippen molar-refractivity contribution in [1.82, 2.24) is 0 Å². The van der Waals surface area contributed by atoms with Crippen LogP contribution < -0.4 is 0 Å². The van der Waals surface area contributed by atoms with Crippen molar-refractivity contribution in [3.8, 4) is 0 Å². The standard InChI is InChI=1S/C13H18OS/c1-15-13-8-4-11(5-9-13)10-2-6-12(14)7-3-10/h4-5,8-10,12,14H,2-3,6-7H2,1H3. The molecule has 0 heterocycles. The summed E-state index contributed by atoms with van der Waals surface area (Å²) in [4.78, 5) is 1.33. The van der Waals surface area contributed by atoms with Gasteiger partial charge >= 0.3 is 0 Å². The quantitative estimate of drug-likeness (QED) is 0.774. The Kier molecular flexibility index (Phi) is 3.71. The van der Waals surface area contributed by atoms with Crippen molar-refractivity contribution in [2.24, 2.45) is 0 Å². The maximum absolute atomic E-state index is 9.45. The van der Waals surface area contributed by atoms with Crippen molar-refractivity contribution in [1.29, 1.82) is 0 Å². The summed E-state index contributed by atoms with van der Waals surface area (Å²) in [6.07, 6.45) is 6.27. The lowest BCUT2D eigenvalue weighted by Crippen LogP contribution is -2.16. The second-order valence-electron chi connectivity index (χ2n) is 4.28. The zero-order chi connectivity index (χ0) is 10.7. The number of hydrogen-bond donors (Lipinski definition) is 1. The smallest absolute Gasteiger partial charge is 0.0540 e. The normalized spacial score (nSPS) is 26.5. The summed E-state index contributed by atoms with van der Waals surface area (Å²) in [5.74, 6) is 0.671. The fourth-order valence-corrected chi connectivity index (χ4v) is 2.69. The second kappa shape index (κ2) is 5.04. The van der Waals surface area contributed by atoms with Gasteiger partial charge in [0.05, 0.1) is 6.10 Å². The van der Waals surface area contributed by atoms with Gasteiger partial charge in [-0.3, -0.25) is 0 Å². The molecule has 2 heteroatoms. The first kappa shape index (κ1) is 11.0. The van der Waals surface area contributed by atoms with E-state index in [2.05, 4.69) is 30.5 Å². The number of aliphatic hydroxyl groups excluding tert-OH is 1. The summed E-state index contributed by atoms with van der Waals surface area (Å²) in [5, 5.41) is 9.45. The van der Waals surface area contributed by atoms with E-state index in [0.717, 1.165) is 25.7 Å². The Morgan fingerprint density at radius 2 is 1.67 bits per heavy atom. The number of rotatable bonds is 2. The van der Waals surface area contributed by atoms with Crippen LogP contribution in [0.1, 0.15) is 37.2 Å². The summed E-state index contributed by atoms with van der Waals surface area (Å²) in [7, 11) is 0. The molecule has 0 atom stereocenters. The molecule has 0 aliphatic heterocycles. The molecule has 82 valence electrons. The van der Waals surface area contributed by atoms with E-state index in [0.29, 0.717) is 5.92 Å². The first-order valence-corrected chi connectivity index (χ1v) is 6.84. The summed E-state index contributed by atoms with van der Waals surface area (Å²) in [5.41, 5.74) is 1.44. The lowest BCUT2D eigenvalue weighted by atomic mass is 9.83. The molecule has 0 unspecified atom stereocenters. The number of benzene rings is 1. The molecular formula is C13H18OS. The third-order valence-corrected chi connectivity index (χ3v) is 4.03. The van der Waals surface area contributed by atoms with Crippen LogP contribution >= 0.6 is 11.8 Å². The fourth-order valence-electron chi connectivity index (χ4n) is 2.29. The Morgan fingerprint density at radius 3 is 2.20 bits per heavy atom. The molecule has 0 saturated heterocycles. The molecule has 1 fully saturated rings. The molecule has 1 N–H and O–H groups in total. The Hall–Kier alpha value is -0.470. The van der Waals surface area contributed by atoms with E-state index in [1.54, 1.807) is 11.8 Å². The van der Waals surface area contributed by atoms with E-state index < -0.39 is 0 Å². The lowest BCUT2D eigenvalue weighted by molar-refractivity contribution is 0.122. The average Bonchev–Trinajstić information content (AvgIpc) is 2.30. The molecule has 1 nitrogen and oxygen atoms in total. The van der Waals surface area contributed by atoms with Crippen LogP contribution in [0, 0.1) is 0 Å². The van der Waals surface area contributed by atoms with Crippen LogP contribution in [-0.2, 0) is 0 Å². The summed E-state index contributed by atoms with van der Waals surface area (Å²) >= 11 is 1.78. The predicted molar refractivity (Wildman–Crippen MR) is 65.4 cm³/mol. The molecule has 1 aromatic carbocycles. The number of thioether (sulfide) groups is 1. The highest BCUT2D eigenvalue weighted by Crippen LogP contribution is 2.33.